The van der Waals surface area contributed by atoms with E-state index in [0.29, 0.717) is 23.0 Å². The number of amides is 2. The Hall–Kier alpha value is -3.61. The average Bonchev–Trinajstić information content (AvgIpc) is 3.08. The van der Waals surface area contributed by atoms with E-state index < -0.39 is 0 Å². The number of hydrogen-bond donors (Lipinski definition) is 1. The third-order valence-electron chi connectivity index (χ3n) is 3.69. The number of carbonyl (C=O) groups excluding carboxylic acids is 2. The normalized spacial score (nSPS) is 10.3. The van der Waals surface area contributed by atoms with Gasteiger partial charge in [-0.25, -0.2) is 0 Å². The highest BCUT2D eigenvalue weighted by Gasteiger charge is 2.19. The molecular formula is C20H19N3O4. The lowest BCUT2D eigenvalue weighted by Crippen LogP contribution is -2.36. The SMILES string of the molecule is CC(=O)N(CC(=O)Nc1ccc(Oc2ccccc2)cc1)c1cc(C)on1. The van der Waals surface area contributed by atoms with E-state index >= 15 is 0 Å². The number of nitrogens with zero attached hydrogens (tertiary/aromatic N) is 2. The van der Waals surface area contributed by atoms with Gasteiger partial charge in [0.15, 0.2) is 5.82 Å². The molecule has 0 atom stereocenters. The second kappa shape index (κ2) is 8.18. The molecule has 0 saturated heterocycles. The molecular weight excluding hydrogens is 346 g/mol. The molecule has 7 heteroatoms. The van der Waals surface area contributed by atoms with Crippen molar-refractivity contribution in [3.63, 3.8) is 0 Å². The number of ether oxygens (including phenoxy) is 1. The van der Waals surface area contributed by atoms with Crippen LogP contribution in [0.3, 0.4) is 0 Å². The van der Waals surface area contributed by atoms with Crippen molar-refractivity contribution in [2.24, 2.45) is 0 Å². The number of para-hydroxylation sites is 1. The maximum Gasteiger partial charge on any atom is 0.244 e. The van der Waals surface area contributed by atoms with Gasteiger partial charge in [-0.2, -0.15) is 0 Å². The second-order valence-electron chi connectivity index (χ2n) is 5.89. The summed E-state index contributed by atoms with van der Waals surface area (Å²) in [6.45, 7) is 2.92. The lowest BCUT2D eigenvalue weighted by atomic mass is 10.3. The van der Waals surface area contributed by atoms with Crippen LogP contribution >= 0.6 is 0 Å². The highest BCUT2D eigenvalue weighted by atomic mass is 16.5. The van der Waals surface area contributed by atoms with E-state index in [2.05, 4.69) is 10.5 Å². The van der Waals surface area contributed by atoms with E-state index in [0.717, 1.165) is 5.75 Å². The number of hydrogen-bond acceptors (Lipinski definition) is 5. The summed E-state index contributed by atoms with van der Waals surface area (Å²) in [5, 5.41) is 6.53. The summed E-state index contributed by atoms with van der Waals surface area (Å²) in [7, 11) is 0. The fraction of sp³-hybridized carbons (Fsp3) is 0.150. The van der Waals surface area contributed by atoms with Crippen molar-refractivity contribution in [2.75, 3.05) is 16.8 Å². The molecule has 27 heavy (non-hydrogen) atoms. The Balaban J connectivity index is 1.60. The van der Waals surface area contributed by atoms with Gasteiger partial charge in [-0.3, -0.25) is 14.5 Å². The third-order valence-corrected chi connectivity index (χ3v) is 3.69. The number of anilines is 2. The summed E-state index contributed by atoms with van der Waals surface area (Å²) in [6, 6.07) is 18.0. The fourth-order valence-corrected chi connectivity index (χ4v) is 2.41. The van der Waals surface area contributed by atoms with Crippen molar-refractivity contribution < 1.29 is 18.8 Å². The van der Waals surface area contributed by atoms with E-state index in [1.54, 1.807) is 37.3 Å². The maximum atomic E-state index is 12.3. The first-order valence-electron chi connectivity index (χ1n) is 8.35. The highest BCUT2D eigenvalue weighted by Crippen LogP contribution is 2.22. The average molecular weight is 365 g/mol. The molecule has 0 fully saturated rings. The molecule has 0 aliphatic rings. The van der Waals surface area contributed by atoms with Gasteiger partial charge in [-0.1, -0.05) is 23.4 Å². The van der Waals surface area contributed by atoms with E-state index in [9.17, 15) is 9.59 Å². The monoisotopic (exact) mass is 365 g/mol. The number of aromatic nitrogens is 1. The van der Waals surface area contributed by atoms with Gasteiger partial charge >= 0.3 is 0 Å². The molecule has 0 spiro atoms. The van der Waals surface area contributed by atoms with Crippen molar-refractivity contribution >= 4 is 23.3 Å². The van der Waals surface area contributed by atoms with Crippen LogP contribution in [-0.4, -0.2) is 23.5 Å². The minimum atomic E-state index is -0.345. The molecule has 0 radical (unpaired) electrons. The van der Waals surface area contributed by atoms with Gasteiger partial charge in [0.25, 0.3) is 0 Å². The first-order chi connectivity index (χ1) is 13.0. The molecule has 0 unspecified atom stereocenters. The van der Waals surface area contributed by atoms with Gasteiger partial charge in [-0.15, -0.1) is 0 Å². The van der Waals surface area contributed by atoms with Crippen molar-refractivity contribution in [1.82, 2.24) is 5.16 Å². The van der Waals surface area contributed by atoms with E-state index in [4.69, 9.17) is 9.26 Å². The zero-order chi connectivity index (χ0) is 19.2. The minimum absolute atomic E-state index is 0.163. The maximum absolute atomic E-state index is 12.3. The largest absolute Gasteiger partial charge is 0.457 e. The number of benzene rings is 2. The molecule has 3 aromatic rings. The van der Waals surface area contributed by atoms with Gasteiger partial charge < -0.3 is 14.6 Å². The van der Waals surface area contributed by atoms with Crippen LogP contribution in [0.15, 0.2) is 65.2 Å². The van der Waals surface area contributed by atoms with Crippen LogP contribution in [-0.2, 0) is 9.59 Å². The van der Waals surface area contributed by atoms with Gasteiger partial charge in [0.05, 0.1) is 0 Å². The van der Waals surface area contributed by atoms with Crippen LogP contribution in [0.1, 0.15) is 12.7 Å². The number of aryl methyl sites for hydroxylation is 1. The Morgan fingerprint density at radius 3 is 2.33 bits per heavy atom. The number of nitrogens with one attached hydrogen (secondary N) is 1. The van der Waals surface area contributed by atoms with Crippen LogP contribution < -0.4 is 15.0 Å². The molecule has 3 rings (SSSR count). The smallest absolute Gasteiger partial charge is 0.244 e. The summed E-state index contributed by atoms with van der Waals surface area (Å²) in [4.78, 5) is 25.3. The van der Waals surface area contributed by atoms with Crippen molar-refractivity contribution in [3.8, 4) is 11.5 Å². The molecule has 1 heterocycles. The summed E-state index contributed by atoms with van der Waals surface area (Å²) >= 11 is 0. The zero-order valence-corrected chi connectivity index (χ0v) is 15.0. The van der Waals surface area contributed by atoms with Crippen LogP contribution in [0.25, 0.3) is 0 Å². The van der Waals surface area contributed by atoms with Gasteiger partial charge in [0.2, 0.25) is 11.8 Å². The molecule has 0 saturated carbocycles. The van der Waals surface area contributed by atoms with Gasteiger partial charge in [-0.05, 0) is 43.3 Å². The Kier molecular flexibility index (Phi) is 5.51. The van der Waals surface area contributed by atoms with E-state index in [1.165, 1.54) is 11.8 Å². The predicted molar refractivity (Wildman–Crippen MR) is 101 cm³/mol. The lowest BCUT2D eigenvalue weighted by Gasteiger charge is -2.17. The molecule has 2 aromatic carbocycles. The first-order valence-corrected chi connectivity index (χ1v) is 8.35. The lowest BCUT2D eigenvalue weighted by molar-refractivity contribution is -0.120. The van der Waals surface area contributed by atoms with Gasteiger partial charge in [0, 0.05) is 18.7 Å². The summed E-state index contributed by atoms with van der Waals surface area (Å²) in [6.07, 6.45) is 0. The highest BCUT2D eigenvalue weighted by molar-refractivity contribution is 6.01. The fourth-order valence-electron chi connectivity index (χ4n) is 2.41. The minimum Gasteiger partial charge on any atom is -0.457 e. The number of carbonyl (C=O) groups is 2. The van der Waals surface area contributed by atoms with E-state index in [-0.39, 0.29) is 18.4 Å². The predicted octanol–water partition coefficient (Wildman–Crippen LogP) is 3.77. The van der Waals surface area contributed by atoms with E-state index in [1.807, 2.05) is 30.3 Å². The van der Waals surface area contributed by atoms with Crippen molar-refractivity contribution in [2.45, 2.75) is 13.8 Å². The molecule has 0 aliphatic carbocycles. The van der Waals surface area contributed by atoms with Crippen LogP contribution in [0.2, 0.25) is 0 Å². The standard InChI is InChI=1S/C20H19N3O4/c1-14-12-19(22-27-14)23(15(2)24)13-20(25)21-16-8-10-18(11-9-16)26-17-6-4-3-5-7-17/h3-12H,13H2,1-2H3,(H,21,25). The number of rotatable bonds is 6. The Labute approximate surface area is 156 Å². The van der Waals surface area contributed by atoms with Crippen molar-refractivity contribution in [1.29, 1.82) is 0 Å². The molecule has 0 aliphatic heterocycles. The Morgan fingerprint density at radius 1 is 1.07 bits per heavy atom. The third kappa shape index (κ3) is 4.94. The molecule has 1 aromatic heterocycles. The quantitative estimate of drug-likeness (QED) is 0.719. The van der Waals surface area contributed by atoms with Crippen LogP contribution in [0, 0.1) is 6.92 Å². The van der Waals surface area contributed by atoms with Crippen molar-refractivity contribution in [3.05, 3.63) is 66.4 Å². The molecule has 7 nitrogen and oxygen atoms in total. The molecule has 0 bridgehead atoms. The van der Waals surface area contributed by atoms with Crippen LogP contribution in [0.5, 0.6) is 11.5 Å². The van der Waals surface area contributed by atoms with Gasteiger partial charge in [0.1, 0.15) is 23.8 Å². The Morgan fingerprint density at radius 2 is 1.74 bits per heavy atom. The zero-order valence-electron chi connectivity index (χ0n) is 15.0. The summed E-state index contributed by atoms with van der Waals surface area (Å²) in [5.41, 5.74) is 0.597. The van der Waals surface area contributed by atoms with Crippen LogP contribution in [0.4, 0.5) is 11.5 Å². The summed E-state index contributed by atoms with van der Waals surface area (Å²) < 4.78 is 10.7. The molecule has 1 N–H and O–H groups in total. The molecule has 2 amide bonds. The summed E-state index contributed by atoms with van der Waals surface area (Å²) in [5.74, 6) is 1.61. The first kappa shape index (κ1) is 18.2. The molecule has 138 valence electrons. The second-order valence-corrected chi connectivity index (χ2v) is 5.89. The Bertz CT molecular complexity index is 920. The topological polar surface area (TPSA) is 84.7 Å².